The van der Waals surface area contributed by atoms with Crippen molar-refractivity contribution < 1.29 is 9.53 Å². The number of methoxy groups -OCH3 is 1. The average molecular weight is 347 g/mol. The van der Waals surface area contributed by atoms with Crippen molar-refractivity contribution in [2.75, 3.05) is 32.1 Å². The highest BCUT2D eigenvalue weighted by atomic mass is 35.5. The SMILES string of the molecule is COc1ccc(N(C)CCCNC(=O)c2ccc(C)cc2Cl)cc1. The van der Waals surface area contributed by atoms with Crippen LogP contribution in [-0.2, 0) is 0 Å². The van der Waals surface area contributed by atoms with Gasteiger partial charge in [0.15, 0.2) is 0 Å². The molecule has 1 amide bonds. The van der Waals surface area contributed by atoms with Crippen LogP contribution in [0.5, 0.6) is 5.75 Å². The first-order valence-electron chi connectivity index (χ1n) is 7.91. The zero-order chi connectivity index (χ0) is 17.5. The molecule has 4 nitrogen and oxygen atoms in total. The van der Waals surface area contributed by atoms with Crippen molar-refractivity contribution in [1.29, 1.82) is 0 Å². The predicted octanol–water partition coefficient (Wildman–Crippen LogP) is 3.91. The van der Waals surface area contributed by atoms with Crippen molar-refractivity contribution in [3.05, 3.63) is 58.6 Å². The number of carbonyl (C=O) groups is 1. The standard InChI is InChI=1S/C19H23ClN2O2/c1-14-5-10-17(18(20)13-14)19(23)21-11-4-12-22(2)15-6-8-16(24-3)9-7-15/h5-10,13H,4,11-12H2,1-3H3,(H,21,23). The highest BCUT2D eigenvalue weighted by Gasteiger charge is 2.09. The third kappa shape index (κ3) is 4.90. The highest BCUT2D eigenvalue weighted by Crippen LogP contribution is 2.19. The normalized spacial score (nSPS) is 10.3. The van der Waals surface area contributed by atoms with E-state index in [2.05, 4.69) is 10.2 Å². The number of amides is 1. The molecule has 0 radical (unpaired) electrons. The van der Waals surface area contributed by atoms with Crippen molar-refractivity contribution >= 4 is 23.2 Å². The Balaban J connectivity index is 1.78. The molecule has 0 bridgehead atoms. The summed E-state index contributed by atoms with van der Waals surface area (Å²) in [5.74, 6) is 0.710. The number of rotatable bonds is 7. The first-order valence-corrected chi connectivity index (χ1v) is 8.28. The third-order valence-electron chi connectivity index (χ3n) is 3.84. The van der Waals surface area contributed by atoms with Crippen LogP contribution in [0.25, 0.3) is 0 Å². The quantitative estimate of drug-likeness (QED) is 0.773. The van der Waals surface area contributed by atoms with Gasteiger partial charge in [0.25, 0.3) is 5.91 Å². The maximum Gasteiger partial charge on any atom is 0.252 e. The number of hydrogen-bond donors (Lipinski definition) is 1. The Hall–Kier alpha value is -2.20. The van der Waals surface area contributed by atoms with E-state index in [9.17, 15) is 4.79 Å². The minimum absolute atomic E-state index is 0.132. The summed E-state index contributed by atoms with van der Waals surface area (Å²) in [5.41, 5.74) is 2.67. The highest BCUT2D eigenvalue weighted by molar-refractivity contribution is 6.33. The molecule has 128 valence electrons. The van der Waals surface area contributed by atoms with Gasteiger partial charge in [-0.2, -0.15) is 0 Å². The van der Waals surface area contributed by atoms with Crippen LogP contribution in [0.1, 0.15) is 22.3 Å². The molecule has 0 saturated heterocycles. The molecule has 2 aromatic rings. The van der Waals surface area contributed by atoms with Crippen molar-refractivity contribution in [3.63, 3.8) is 0 Å². The minimum Gasteiger partial charge on any atom is -0.497 e. The van der Waals surface area contributed by atoms with Crippen LogP contribution in [0.2, 0.25) is 5.02 Å². The van der Waals surface area contributed by atoms with Crippen LogP contribution >= 0.6 is 11.6 Å². The first kappa shape index (κ1) is 18.1. The number of aryl methyl sites for hydroxylation is 1. The molecule has 0 aliphatic heterocycles. The van der Waals surface area contributed by atoms with Gasteiger partial charge in [-0.1, -0.05) is 17.7 Å². The monoisotopic (exact) mass is 346 g/mol. The second kappa shape index (κ2) is 8.60. The number of halogens is 1. The maximum atomic E-state index is 12.1. The van der Waals surface area contributed by atoms with Crippen LogP contribution in [0.4, 0.5) is 5.69 Å². The Labute approximate surface area is 148 Å². The van der Waals surface area contributed by atoms with E-state index in [0.717, 1.165) is 30.0 Å². The summed E-state index contributed by atoms with van der Waals surface area (Å²) in [6, 6.07) is 13.4. The van der Waals surface area contributed by atoms with Crippen molar-refractivity contribution in [2.45, 2.75) is 13.3 Å². The summed E-state index contributed by atoms with van der Waals surface area (Å²) in [6.45, 7) is 3.39. The van der Waals surface area contributed by atoms with Gasteiger partial charge in [-0.15, -0.1) is 0 Å². The lowest BCUT2D eigenvalue weighted by Crippen LogP contribution is -2.28. The van der Waals surface area contributed by atoms with Crippen molar-refractivity contribution in [1.82, 2.24) is 5.32 Å². The first-order chi connectivity index (χ1) is 11.5. The number of benzene rings is 2. The number of hydrogen-bond acceptors (Lipinski definition) is 3. The smallest absolute Gasteiger partial charge is 0.252 e. The fourth-order valence-electron chi connectivity index (χ4n) is 2.38. The topological polar surface area (TPSA) is 41.6 Å². The number of carbonyl (C=O) groups excluding carboxylic acids is 1. The molecule has 0 atom stereocenters. The summed E-state index contributed by atoms with van der Waals surface area (Å²) in [7, 11) is 3.68. The molecule has 0 spiro atoms. The lowest BCUT2D eigenvalue weighted by Gasteiger charge is -2.19. The van der Waals surface area contributed by atoms with E-state index in [1.54, 1.807) is 19.2 Å². The zero-order valence-corrected chi connectivity index (χ0v) is 15.1. The van der Waals surface area contributed by atoms with Crippen LogP contribution in [-0.4, -0.2) is 33.2 Å². The molecule has 0 saturated carbocycles. The van der Waals surface area contributed by atoms with Gasteiger partial charge in [-0.05, 0) is 55.3 Å². The van der Waals surface area contributed by atoms with Gasteiger partial charge in [0.2, 0.25) is 0 Å². The molecular weight excluding hydrogens is 324 g/mol. The van der Waals surface area contributed by atoms with Gasteiger partial charge in [-0.3, -0.25) is 4.79 Å². The van der Waals surface area contributed by atoms with E-state index in [4.69, 9.17) is 16.3 Å². The Morgan fingerprint density at radius 2 is 1.92 bits per heavy atom. The molecule has 5 heteroatoms. The third-order valence-corrected chi connectivity index (χ3v) is 4.15. The summed E-state index contributed by atoms with van der Waals surface area (Å²) < 4.78 is 5.16. The van der Waals surface area contributed by atoms with Crippen LogP contribution in [0.15, 0.2) is 42.5 Å². The van der Waals surface area contributed by atoms with E-state index in [1.807, 2.05) is 44.3 Å². The van der Waals surface area contributed by atoms with Crippen molar-refractivity contribution in [2.24, 2.45) is 0 Å². The minimum atomic E-state index is -0.132. The molecule has 0 aromatic heterocycles. The van der Waals surface area contributed by atoms with Crippen LogP contribution in [0, 0.1) is 6.92 Å². The molecule has 0 fully saturated rings. The zero-order valence-electron chi connectivity index (χ0n) is 14.3. The summed E-state index contributed by atoms with van der Waals surface area (Å²) in [6.07, 6.45) is 0.845. The lowest BCUT2D eigenvalue weighted by molar-refractivity contribution is 0.0953. The molecular formula is C19H23ClN2O2. The molecule has 24 heavy (non-hydrogen) atoms. The largest absolute Gasteiger partial charge is 0.497 e. The van der Waals surface area contributed by atoms with Gasteiger partial charge < -0.3 is 15.0 Å². The van der Waals surface area contributed by atoms with Gasteiger partial charge in [0.05, 0.1) is 17.7 Å². The van der Waals surface area contributed by atoms with E-state index < -0.39 is 0 Å². The fourth-order valence-corrected chi connectivity index (χ4v) is 2.70. The Kier molecular flexibility index (Phi) is 6.50. The fraction of sp³-hybridized carbons (Fsp3) is 0.316. The maximum absolute atomic E-state index is 12.1. The number of ether oxygens (including phenoxy) is 1. The van der Waals surface area contributed by atoms with Gasteiger partial charge in [0, 0.05) is 25.8 Å². The Morgan fingerprint density at radius 3 is 2.54 bits per heavy atom. The van der Waals surface area contributed by atoms with E-state index in [-0.39, 0.29) is 5.91 Å². The average Bonchev–Trinajstić information content (AvgIpc) is 2.58. The number of nitrogens with one attached hydrogen (secondary N) is 1. The molecule has 0 aliphatic carbocycles. The summed E-state index contributed by atoms with van der Waals surface area (Å²) in [4.78, 5) is 14.3. The predicted molar refractivity (Wildman–Crippen MR) is 99.4 cm³/mol. The molecule has 1 N–H and O–H groups in total. The molecule has 2 aromatic carbocycles. The van der Waals surface area contributed by atoms with Gasteiger partial charge >= 0.3 is 0 Å². The second-order valence-corrected chi connectivity index (χ2v) is 6.12. The molecule has 0 heterocycles. The molecule has 0 unspecified atom stereocenters. The van der Waals surface area contributed by atoms with E-state index in [1.165, 1.54) is 0 Å². The van der Waals surface area contributed by atoms with E-state index in [0.29, 0.717) is 17.1 Å². The molecule has 0 aliphatic rings. The Bertz CT molecular complexity index is 686. The van der Waals surface area contributed by atoms with E-state index >= 15 is 0 Å². The van der Waals surface area contributed by atoms with Crippen LogP contribution < -0.4 is 15.0 Å². The number of nitrogens with zero attached hydrogens (tertiary/aromatic N) is 1. The lowest BCUT2D eigenvalue weighted by atomic mass is 10.1. The van der Waals surface area contributed by atoms with Crippen LogP contribution in [0.3, 0.4) is 0 Å². The Morgan fingerprint density at radius 1 is 1.21 bits per heavy atom. The summed E-state index contributed by atoms with van der Waals surface area (Å²) in [5, 5.41) is 3.40. The number of anilines is 1. The molecule has 2 rings (SSSR count). The van der Waals surface area contributed by atoms with Gasteiger partial charge in [-0.25, -0.2) is 0 Å². The van der Waals surface area contributed by atoms with Crippen molar-refractivity contribution in [3.8, 4) is 5.75 Å². The summed E-state index contributed by atoms with van der Waals surface area (Å²) >= 11 is 6.11. The van der Waals surface area contributed by atoms with Gasteiger partial charge in [0.1, 0.15) is 5.75 Å². The second-order valence-electron chi connectivity index (χ2n) is 5.71.